The quantitative estimate of drug-likeness (QED) is 0.782. The molecule has 0 bridgehead atoms. The van der Waals surface area contributed by atoms with Gasteiger partial charge in [-0.05, 0) is 24.1 Å². The lowest BCUT2D eigenvalue weighted by molar-refractivity contribution is -0.138. The Labute approximate surface area is 89.5 Å². The van der Waals surface area contributed by atoms with Gasteiger partial charge in [-0.1, -0.05) is 11.6 Å². The van der Waals surface area contributed by atoms with E-state index in [0.717, 1.165) is 12.1 Å². The third-order valence-electron chi connectivity index (χ3n) is 1.85. The second-order valence-electron chi connectivity index (χ2n) is 3.01. The number of benzene rings is 1. The van der Waals surface area contributed by atoms with Gasteiger partial charge in [0.2, 0.25) is 0 Å². The molecule has 15 heavy (non-hydrogen) atoms. The number of carbonyl (C=O) groups is 1. The Morgan fingerprint density at radius 3 is 2.53 bits per heavy atom. The first-order chi connectivity index (χ1) is 6.91. The van der Waals surface area contributed by atoms with E-state index >= 15 is 0 Å². The minimum atomic E-state index is -1.23. The van der Waals surface area contributed by atoms with Gasteiger partial charge >= 0.3 is 5.97 Å². The second kappa shape index (κ2) is 4.55. The van der Waals surface area contributed by atoms with Crippen LogP contribution in [0.4, 0.5) is 8.78 Å². The minimum absolute atomic E-state index is 0.0365. The summed E-state index contributed by atoms with van der Waals surface area (Å²) in [6, 6.07) is 0.453. The van der Waals surface area contributed by atoms with Crippen molar-refractivity contribution in [1.29, 1.82) is 0 Å². The Morgan fingerprint density at radius 1 is 1.47 bits per heavy atom. The summed E-state index contributed by atoms with van der Waals surface area (Å²) in [6.07, 6.45) is -0.147. The van der Waals surface area contributed by atoms with Crippen molar-refractivity contribution in [3.8, 4) is 0 Å². The highest BCUT2D eigenvalue weighted by Crippen LogP contribution is 2.21. The topological polar surface area (TPSA) is 63.3 Å². The van der Waals surface area contributed by atoms with Gasteiger partial charge in [0.05, 0.1) is 0 Å². The lowest BCUT2D eigenvalue weighted by atomic mass is 10.1. The molecule has 0 aliphatic heterocycles. The Kier molecular flexibility index (Phi) is 3.60. The highest BCUT2D eigenvalue weighted by Gasteiger charge is 2.16. The zero-order chi connectivity index (χ0) is 11.6. The first kappa shape index (κ1) is 11.9. The Bertz CT molecular complexity index is 398. The molecular weight excluding hydrogens is 228 g/mol. The number of carboxylic acids is 1. The molecule has 3 nitrogen and oxygen atoms in total. The van der Waals surface area contributed by atoms with Crippen LogP contribution in [0, 0.1) is 11.6 Å². The highest BCUT2D eigenvalue weighted by atomic mass is 35.5. The molecule has 0 heterocycles. The van der Waals surface area contributed by atoms with E-state index in [4.69, 9.17) is 22.4 Å². The maximum Gasteiger partial charge on any atom is 0.320 e. The van der Waals surface area contributed by atoms with Crippen molar-refractivity contribution < 1.29 is 18.7 Å². The number of halogens is 3. The van der Waals surface area contributed by atoms with Crippen LogP contribution >= 0.6 is 11.6 Å². The van der Waals surface area contributed by atoms with Crippen molar-refractivity contribution >= 4 is 17.6 Å². The molecule has 0 aromatic heterocycles. The first-order valence-electron chi connectivity index (χ1n) is 4.03. The van der Waals surface area contributed by atoms with Crippen molar-refractivity contribution in [2.75, 3.05) is 0 Å². The van der Waals surface area contributed by atoms with Gasteiger partial charge in [-0.25, -0.2) is 8.78 Å². The Morgan fingerprint density at radius 2 is 2.00 bits per heavy atom. The molecule has 1 rings (SSSR count). The van der Waals surface area contributed by atoms with Gasteiger partial charge in [-0.15, -0.1) is 0 Å². The van der Waals surface area contributed by atoms with Crippen LogP contribution in [0.15, 0.2) is 12.1 Å². The highest BCUT2D eigenvalue weighted by molar-refractivity contribution is 6.31. The van der Waals surface area contributed by atoms with Gasteiger partial charge < -0.3 is 10.8 Å². The van der Waals surface area contributed by atoms with Gasteiger partial charge in [0, 0.05) is 5.02 Å². The largest absolute Gasteiger partial charge is 0.480 e. The normalized spacial score (nSPS) is 12.5. The maximum absolute atomic E-state index is 12.8. The summed E-state index contributed by atoms with van der Waals surface area (Å²) in [5.41, 5.74) is 5.40. The van der Waals surface area contributed by atoms with Gasteiger partial charge in [-0.3, -0.25) is 4.79 Å². The van der Waals surface area contributed by atoms with Crippen LogP contribution in [0.2, 0.25) is 5.02 Å². The number of carboxylic acid groups (broad SMARTS) is 1. The number of hydrogen-bond donors (Lipinski definition) is 2. The van der Waals surface area contributed by atoms with Gasteiger partial charge in [0.15, 0.2) is 11.6 Å². The summed E-state index contributed by atoms with van der Waals surface area (Å²) < 4.78 is 25.4. The average Bonchev–Trinajstić information content (AvgIpc) is 2.13. The van der Waals surface area contributed by atoms with Gasteiger partial charge in [-0.2, -0.15) is 0 Å². The van der Waals surface area contributed by atoms with Gasteiger partial charge in [0.1, 0.15) is 6.04 Å². The van der Waals surface area contributed by atoms with Crippen molar-refractivity contribution in [3.63, 3.8) is 0 Å². The van der Waals surface area contributed by atoms with E-state index in [2.05, 4.69) is 0 Å². The van der Waals surface area contributed by atoms with E-state index in [1.165, 1.54) is 0 Å². The molecule has 0 spiro atoms. The van der Waals surface area contributed by atoms with E-state index in [-0.39, 0.29) is 17.0 Å². The molecule has 6 heteroatoms. The molecule has 3 N–H and O–H groups in total. The molecule has 0 saturated carbocycles. The fourth-order valence-electron chi connectivity index (χ4n) is 1.04. The van der Waals surface area contributed by atoms with Crippen LogP contribution in [0.3, 0.4) is 0 Å². The Hall–Kier alpha value is -1.20. The van der Waals surface area contributed by atoms with Crippen molar-refractivity contribution in [3.05, 3.63) is 34.4 Å². The molecule has 1 atom stereocenters. The molecule has 0 aliphatic rings. The van der Waals surface area contributed by atoms with Crippen LogP contribution in [0.1, 0.15) is 5.56 Å². The second-order valence-corrected chi connectivity index (χ2v) is 3.41. The molecule has 0 unspecified atom stereocenters. The molecule has 0 aliphatic carbocycles. The van der Waals surface area contributed by atoms with Crippen molar-refractivity contribution in [1.82, 2.24) is 0 Å². The predicted octanol–water partition coefficient (Wildman–Crippen LogP) is 1.57. The van der Waals surface area contributed by atoms with E-state index in [1.807, 2.05) is 0 Å². The fourth-order valence-corrected chi connectivity index (χ4v) is 1.27. The SMILES string of the molecule is N[C@@H](Cc1cc(F)c(F)cc1Cl)C(=O)O. The van der Waals surface area contributed by atoms with Crippen LogP contribution in [0.25, 0.3) is 0 Å². The predicted molar refractivity (Wildman–Crippen MR) is 50.7 cm³/mol. The van der Waals surface area contributed by atoms with Crippen LogP contribution < -0.4 is 5.73 Å². The molecule has 1 aromatic rings. The molecule has 1 aromatic carbocycles. The summed E-state index contributed by atoms with van der Waals surface area (Å²) in [4.78, 5) is 10.4. The lowest BCUT2D eigenvalue weighted by Crippen LogP contribution is -2.32. The summed E-state index contributed by atoms with van der Waals surface area (Å²) in [6.45, 7) is 0. The summed E-state index contributed by atoms with van der Waals surface area (Å²) in [5.74, 6) is -3.38. The summed E-state index contributed by atoms with van der Waals surface area (Å²) in [5, 5.41) is 8.49. The molecule has 0 radical (unpaired) electrons. The van der Waals surface area contributed by atoms with E-state index in [1.54, 1.807) is 0 Å². The average molecular weight is 236 g/mol. The molecule has 0 fully saturated rings. The number of aliphatic carboxylic acids is 1. The molecular formula is C9H8ClF2NO2. The summed E-state index contributed by atoms with van der Waals surface area (Å²) >= 11 is 5.60. The van der Waals surface area contributed by atoms with Crippen molar-refractivity contribution in [2.45, 2.75) is 12.5 Å². The number of nitrogens with two attached hydrogens (primary N) is 1. The van der Waals surface area contributed by atoms with Crippen LogP contribution in [-0.4, -0.2) is 17.1 Å². The van der Waals surface area contributed by atoms with Gasteiger partial charge in [0.25, 0.3) is 0 Å². The third-order valence-corrected chi connectivity index (χ3v) is 2.20. The first-order valence-corrected chi connectivity index (χ1v) is 4.41. The minimum Gasteiger partial charge on any atom is -0.480 e. The summed E-state index contributed by atoms with van der Waals surface area (Å²) in [7, 11) is 0. The molecule has 82 valence electrons. The number of hydrogen-bond acceptors (Lipinski definition) is 2. The number of rotatable bonds is 3. The van der Waals surface area contributed by atoms with E-state index in [0.29, 0.717) is 0 Å². The standard InChI is InChI=1S/C9H8ClF2NO2/c10-5-3-7(12)6(11)1-4(5)2-8(13)9(14)15/h1,3,8H,2,13H2,(H,14,15)/t8-/m0/s1. The van der Waals surface area contributed by atoms with E-state index in [9.17, 15) is 13.6 Å². The molecule has 0 amide bonds. The van der Waals surface area contributed by atoms with Crippen LogP contribution in [-0.2, 0) is 11.2 Å². The Balaban J connectivity index is 2.95. The van der Waals surface area contributed by atoms with Crippen molar-refractivity contribution in [2.24, 2.45) is 5.73 Å². The third kappa shape index (κ3) is 2.87. The smallest absolute Gasteiger partial charge is 0.320 e. The van der Waals surface area contributed by atoms with E-state index < -0.39 is 23.6 Å². The van der Waals surface area contributed by atoms with Crippen LogP contribution in [0.5, 0.6) is 0 Å². The zero-order valence-corrected chi connectivity index (χ0v) is 8.26. The lowest BCUT2D eigenvalue weighted by Gasteiger charge is -2.08. The maximum atomic E-state index is 12.8. The zero-order valence-electron chi connectivity index (χ0n) is 7.51. The monoisotopic (exact) mass is 235 g/mol. The fraction of sp³-hybridized carbons (Fsp3) is 0.222. The molecule has 0 saturated heterocycles.